The zero-order valence-corrected chi connectivity index (χ0v) is 9.55. The van der Waals surface area contributed by atoms with Gasteiger partial charge in [0.15, 0.2) is 0 Å². The maximum atomic E-state index is 9.94. The van der Waals surface area contributed by atoms with Crippen LogP contribution in [-0.2, 0) is 4.74 Å². The minimum Gasteiger partial charge on any atom is -0.384 e. The molecule has 0 spiro atoms. The molecule has 2 nitrogen and oxygen atoms in total. The van der Waals surface area contributed by atoms with E-state index in [9.17, 15) is 5.11 Å². The highest BCUT2D eigenvalue weighted by atomic mass is 16.5. The second kappa shape index (κ2) is 4.24. The van der Waals surface area contributed by atoms with Crippen molar-refractivity contribution >= 4 is 5.57 Å². The van der Waals surface area contributed by atoms with E-state index in [1.54, 1.807) is 13.2 Å². The molecule has 0 saturated heterocycles. The molecule has 0 bridgehead atoms. The molecule has 0 saturated carbocycles. The van der Waals surface area contributed by atoms with Crippen LogP contribution in [0.15, 0.2) is 48.6 Å². The lowest BCUT2D eigenvalue weighted by atomic mass is 9.88. The van der Waals surface area contributed by atoms with Gasteiger partial charge in [-0.2, -0.15) is 0 Å². The van der Waals surface area contributed by atoms with E-state index in [0.717, 1.165) is 11.1 Å². The Kier molecular flexibility index (Phi) is 2.95. The predicted molar refractivity (Wildman–Crippen MR) is 65.0 cm³/mol. The highest BCUT2D eigenvalue weighted by molar-refractivity contribution is 5.73. The van der Waals surface area contributed by atoms with Crippen molar-refractivity contribution in [3.05, 3.63) is 54.1 Å². The fourth-order valence-corrected chi connectivity index (χ4v) is 1.84. The Bertz CT molecular complexity index is 420. The van der Waals surface area contributed by atoms with E-state index >= 15 is 0 Å². The monoisotopic (exact) mass is 216 g/mol. The largest absolute Gasteiger partial charge is 0.384 e. The first kappa shape index (κ1) is 11.1. The Morgan fingerprint density at radius 1 is 1.25 bits per heavy atom. The van der Waals surface area contributed by atoms with Crippen LogP contribution in [0.1, 0.15) is 12.5 Å². The van der Waals surface area contributed by atoms with Crippen molar-refractivity contribution in [3.63, 3.8) is 0 Å². The second-order valence-corrected chi connectivity index (χ2v) is 4.16. The van der Waals surface area contributed by atoms with Crippen LogP contribution in [0.25, 0.3) is 5.57 Å². The SMILES string of the molecule is CO[C@]1(C)C=CC(O)C(c2ccccc2)=C1. The second-order valence-electron chi connectivity index (χ2n) is 4.16. The van der Waals surface area contributed by atoms with Crippen LogP contribution in [0.3, 0.4) is 0 Å². The minimum absolute atomic E-state index is 0.426. The topological polar surface area (TPSA) is 29.5 Å². The summed E-state index contributed by atoms with van der Waals surface area (Å²) in [6.45, 7) is 1.97. The van der Waals surface area contributed by atoms with Crippen LogP contribution in [-0.4, -0.2) is 23.9 Å². The number of hydrogen-bond acceptors (Lipinski definition) is 2. The average molecular weight is 216 g/mol. The molecule has 2 heteroatoms. The molecule has 1 aromatic rings. The van der Waals surface area contributed by atoms with E-state index < -0.39 is 11.7 Å². The molecule has 84 valence electrons. The van der Waals surface area contributed by atoms with Crippen molar-refractivity contribution in [2.75, 3.05) is 7.11 Å². The van der Waals surface area contributed by atoms with Gasteiger partial charge in [-0.15, -0.1) is 0 Å². The van der Waals surface area contributed by atoms with E-state index in [2.05, 4.69) is 0 Å². The quantitative estimate of drug-likeness (QED) is 0.769. The van der Waals surface area contributed by atoms with Crippen LogP contribution >= 0.6 is 0 Å². The Hall–Kier alpha value is -1.38. The summed E-state index contributed by atoms with van der Waals surface area (Å²) < 4.78 is 5.40. The zero-order chi connectivity index (χ0) is 11.6. The van der Waals surface area contributed by atoms with Crippen LogP contribution in [0, 0.1) is 0 Å². The summed E-state index contributed by atoms with van der Waals surface area (Å²) in [4.78, 5) is 0. The number of benzene rings is 1. The third-order valence-corrected chi connectivity index (χ3v) is 2.92. The van der Waals surface area contributed by atoms with Crippen LogP contribution < -0.4 is 0 Å². The van der Waals surface area contributed by atoms with Crippen molar-refractivity contribution in [1.29, 1.82) is 0 Å². The van der Waals surface area contributed by atoms with Crippen LogP contribution in [0.2, 0.25) is 0 Å². The Balaban J connectivity index is 2.40. The van der Waals surface area contributed by atoms with E-state index in [1.807, 2.05) is 49.4 Å². The number of ether oxygens (including phenoxy) is 1. The summed E-state index contributed by atoms with van der Waals surface area (Å²) in [6.07, 6.45) is 5.06. The smallest absolute Gasteiger partial charge is 0.102 e. The first-order valence-corrected chi connectivity index (χ1v) is 5.35. The van der Waals surface area contributed by atoms with Gasteiger partial charge in [0.1, 0.15) is 5.60 Å². The number of hydrogen-bond donors (Lipinski definition) is 1. The van der Waals surface area contributed by atoms with Crippen molar-refractivity contribution in [3.8, 4) is 0 Å². The molecule has 0 aromatic heterocycles. The molecule has 0 fully saturated rings. The van der Waals surface area contributed by atoms with Crippen molar-refractivity contribution in [2.45, 2.75) is 18.6 Å². The summed E-state index contributed by atoms with van der Waals surface area (Å²) in [5, 5.41) is 9.94. The molecular formula is C14H16O2. The number of methoxy groups -OCH3 is 1. The van der Waals surface area contributed by atoms with Crippen molar-refractivity contribution < 1.29 is 9.84 Å². The molecule has 0 aliphatic heterocycles. The van der Waals surface area contributed by atoms with Crippen LogP contribution in [0.4, 0.5) is 0 Å². The molecule has 1 aliphatic carbocycles. The first-order chi connectivity index (χ1) is 7.64. The molecule has 16 heavy (non-hydrogen) atoms. The van der Waals surface area contributed by atoms with E-state index in [-0.39, 0.29) is 0 Å². The molecule has 0 amide bonds. The standard InChI is InChI=1S/C14H16O2/c1-14(16-2)9-8-13(15)12(10-14)11-6-4-3-5-7-11/h3-10,13,15H,1-2H3/t13?,14-/m1/s1. The van der Waals surface area contributed by atoms with E-state index in [1.165, 1.54) is 0 Å². The summed E-state index contributed by atoms with van der Waals surface area (Å²) >= 11 is 0. The minimum atomic E-state index is -0.550. The van der Waals surface area contributed by atoms with Crippen molar-refractivity contribution in [1.82, 2.24) is 0 Å². The van der Waals surface area contributed by atoms with Gasteiger partial charge in [-0.05, 0) is 24.1 Å². The lowest BCUT2D eigenvalue weighted by molar-refractivity contribution is 0.0872. The first-order valence-electron chi connectivity index (χ1n) is 5.35. The third-order valence-electron chi connectivity index (χ3n) is 2.92. The maximum absolute atomic E-state index is 9.94. The number of aliphatic hydroxyl groups excluding tert-OH is 1. The van der Waals surface area contributed by atoms with Gasteiger partial charge in [-0.25, -0.2) is 0 Å². The van der Waals surface area contributed by atoms with Gasteiger partial charge in [0, 0.05) is 7.11 Å². The van der Waals surface area contributed by atoms with E-state index in [4.69, 9.17) is 4.74 Å². The lowest BCUT2D eigenvalue weighted by Crippen LogP contribution is -2.27. The third kappa shape index (κ3) is 2.08. The maximum Gasteiger partial charge on any atom is 0.102 e. The summed E-state index contributed by atoms with van der Waals surface area (Å²) in [7, 11) is 1.67. The van der Waals surface area contributed by atoms with Gasteiger partial charge < -0.3 is 9.84 Å². The summed E-state index contributed by atoms with van der Waals surface area (Å²) in [5.41, 5.74) is 1.50. The molecule has 2 atom stereocenters. The van der Waals surface area contributed by atoms with Crippen LogP contribution in [0.5, 0.6) is 0 Å². The highest BCUT2D eigenvalue weighted by Crippen LogP contribution is 2.29. The Morgan fingerprint density at radius 2 is 1.94 bits per heavy atom. The lowest BCUT2D eigenvalue weighted by Gasteiger charge is -2.28. The molecule has 1 aromatic carbocycles. The molecule has 1 unspecified atom stereocenters. The van der Waals surface area contributed by atoms with Gasteiger partial charge in [0.25, 0.3) is 0 Å². The van der Waals surface area contributed by atoms with Crippen molar-refractivity contribution in [2.24, 2.45) is 0 Å². The van der Waals surface area contributed by atoms with Gasteiger partial charge in [0.2, 0.25) is 0 Å². The normalized spacial score (nSPS) is 28.9. The molecule has 0 radical (unpaired) electrons. The van der Waals surface area contributed by atoms with Gasteiger partial charge >= 0.3 is 0 Å². The number of aliphatic hydroxyl groups is 1. The Morgan fingerprint density at radius 3 is 2.56 bits per heavy atom. The van der Waals surface area contributed by atoms with Gasteiger partial charge in [-0.1, -0.05) is 42.5 Å². The number of rotatable bonds is 2. The predicted octanol–water partition coefficient (Wildman–Crippen LogP) is 2.41. The van der Waals surface area contributed by atoms with E-state index in [0.29, 0.717) is 0 Å². The highest BCUT2D eigenvalue weighted by Gasteiger charge is 2.25. The molecule has 2 rings (SSSR count). The summed E-state index contributed by atoms with van der Waals surface area (Å²) in [5.74, 6) is 0. The molecular weight excluding hydrogens is 200 g/mol. The molecule has 1 N–H and O–H groups in total. The Labute approximate surface area is 95.9 Å². The molecule has 0 heterocycles. The van der Waals surface area contributed by atoms with Gasteiger partial charge in [0.05, 0.1) is 6.10 Å². The molecule has 1 aliphatic rings. The average Bonchev–Trinajstić information content (AvgIpc) is 2.34. The zero-order valence-electron chi connectivity index (χ0n) is 9.55. The fourth-order valence-electron chi connectivity index (χ4n) is 1.84. The summed E-state index contributed by atoms with van der Waals surface area (Å²) in [6, 6.07) is 9.87. The van der Waals surface area contributed by atoms with Gasteiger partial charge in [-0.3, -0.25) is 0 Å². The fraction of sp³-hybridized carbons (Fsp3) is 0.286.